The lowest BCUT2D eigenvalue weighted by Crippen LogP contribution is -2.46. The maximum absolute atomic E-state index is 12.9. The van der Waals surface area contributed by atoms with Gasteiger partial charge < -0.3 is 10.6 Å². The molecular weight excluding hydrogens is 260 g/mol. The Bertz CT molecular complexity index is 472. The summed E-state index contributed by atoms with van der Waals surface area (Å²) in [6, 6.07) is 9.03. The van der Waals surface area contributed by atoms with Crippen LogP contribution in [0.5, 0.6) is 0 Å². The van der Waals surface area contributed by atoms with Crippen LogP contribution >= 0.6 is 0 Å². The minimum absolute atomic E-state index is 0.217. The van der Waals surface area contributed by atoms with E-state index in [-0.39, 0.29) is 5.91 Å². The number of carbonyl (C=O) groups is 1. The molecule has 2 rings (SSSR count). The Morgan fingerprint density at radius 1 is 1.24 bits per heavy atom. The number of benzene rings is 1. The number of rotatable bonds is 7. The van der Waals surface area contributed by atoms with E-state index in [1.54, 1.807) is 0 Å². The van der Waals surface area contributed by atoms with E-state index in [4.69, 9.17) is 5.73 Å². The van der Waals surface area contributed by atoms with Gasteiger partial charge in [0.25, 0.3) is 0 Å². The fourth-order valence-corrected chi connectivity index (χ4v) is 2.56. The number of nitrogens with two attached hydrogens (primary N) is 1. The highest BCUT2D eigenvalue weighted by Gasteiger charge is 2.40. The molecule has 116 valence electrons. The van der Waals surface area contributed by atoms with E-state index in [0.29, 0.717) is 19.1 Å². The normalized spacial score (nSPS) is 17.3. The van der Waals surface area contributed by atoms with Gasteiger partial charge in [0.05, 0.1) is 5.41 Å². The highest BCUT2D eigenvalue weighted by molar-refractivity contribution is 5.83. The third-order valence-electron chi connectivity index (χ3n) is 4.78. The minimum Gasteiger partial charge on any atom is -0.335 e. The van der Waals surface area contributed by atoms with Gasteiger partial charge >= 0.3 is 0 Å². The molecule has 1 saturated carbocycles. The van der Waals surface area contributed by atoms with Gasteiger partial charge in [0.15, 0.2) is 0 Å². The van der Waals surface area contributed by atoms with Crippen LogP contribution in [0.2, 0.25) is 0 Å². The fourth-order valence-electron chi connectivity index (χ4n) is 2.56. The molecule has 21 heavy (non-hydrogen) atoms. The molecule has 1 atom stereocenters. The van der Waals surface area contributed by atoms with Gasteiger partial charge in [-0.1, -0.05) is 38.1 Å². The van der Waals surface area contributed by atoms with Crippen molar-refractivity contribution in [3.05, 3.63) is 35.4 Å². The van der Waals surface area contributed by atoms with Crippen molar-refractivity contribution in [1.29, 1.82) is 0 Å². The predicted octanol–water partition coefficient (Wildman–Crippen LogP) is 3.12. The van der Waals surface area contributed by atoms with Crippen molar-refractivity contribution in [1.82, 2.24) is 4.90 Å². The maximum Gasteiger partial charge on any atom is 0.230 e. The first kappa shape index (κ1) is 16.0. The molecule has 1 aromatic carbocycles. The average Bonchev–Trinajstić information content (AvgIpc) is 3.36. The van der Waals surface area contributed by atoms with Crippen molar-refractivity contribution in [3.8, 4) is 0 Å². The van der Waals surface area contributed by atoms with Crippen LogP contribution in [0.15, 0.2) is 24.3 Å². The van der Waals surface area contributed by atoms with Gasteiger partial charge in [-0.3, -0.25) is 4.79 Å². The Labute approximate surface area is 128 Å². The molecule has 0 heterocycles. The summed E-state index contributed by atoms with van der Waals surface area (Å²) in [4.78, 5) is 14.9. The van der Waals surface area contributed by atoms with Gasteiger partial charge in [-0.15, -0.1) is 0 Å². The van der Waals surface area contributed by atoms with Crippen molar-refractivity contribution in [3.63, 3.8) is 0 Å². The zero-order valence-electron chi connectivity index (χ0n) is 13.6. The van der Waals surface area contributed by atoms with E-state index in [1.807, 2.05) is 13.8 Å². The van der Waals surface area contributed by atoms with Crippen LogP contribution in [0.1, 0.15) is 51.2 Å². The Hall–Kier alpha value is -1.35. The van der Waals surface area contributed by atoms with Gasteiger partial charge in [0.2, 0.25) is 5.91 Å². The Balaban J connectivity index is 2.13. The third kappa shape index (κ3) is 3.65. The molecule has 2 N–H and O–H groups in total. The highest BCUT2D eigenvalue weighted by atomic mass is 16.2. The third-order valence-corrected chi connectivity index (χ3v) is 4.78. The van der Waals surface area contributed by atoms with Crippen LogP contribution < -0.4 is 5.73 Å². The van der Waals surface area contributed by atoms with Gasteiger partial charge in [0, 0.05) is 19.1 Å². The second-order valence-corrected chi connectivity index (χ2v) is 6.45. The van der Waals surface area contributed by atoms with Crippen LogP contribution in [0.3, 0.4) is 0 Å². The molecule has 0 aromatic heterocycles. The summed E-state index contributed by atoms with van der Waals surface area (Å²) in [5.74, 6) is 0.217. The SMILES string of the molecule is CCc1ccc(CN(C(=O)C(C)(CC)CN)C2CC2)cc1. The van der Waals surface area contributed by atoms with Crippen LogP contribution in [0.4, 0.5) is 0 Å². The molecule has 1 aliphatic carbocycles. The summed E-state index contributed by atoms with van der Waals surface area (Å²) >= 11 is 0. The van der Waals surface area contributed by atoms with Crippen molar-refractivity contribution < 1.29 is 4.79 Å². The number of aryl methyl sites for hydroxylation is 1. The molecule has 3 heteroatoms. The van der Waals surface area contributed by atoms with Crippen LogP contribution in [0, 0.1) is 5.41 Å². The van der Waals surface area contributed by atoms with E-state index in [1.165, 1.54) is 11.1 Å². The van der Waals surface area contributed by atoms with Gasteiger partial charge in [-0.05, 0) is 43.7 Å². The number of carbonyl (C=O) groups excluding carboxylic acids is 1. The highest BCUT2D eigenvalue weighted by Crippen LogP contribution is 2.33. The predicted molar refractivity (Wildman–Crippen MR) is 86.8 cm³/mol. The van der Waals surface area contributed by atoms with Crippen LogP contribution in [-0.4, -0.2) is 23.4 Å². The summed E-state index contributed by atoms with van der Waals surface area (Å²) in [6.45, 7) is 7.32. The lowest BCUT2D eigenvalue weighted by atomic mass is 9.85. The van der Waals surface area contributed by atoms with Crippen molar-refractivity contribution in [2.24, 2.45) is 11.1 Å². The molecule has 0 bridgehead atoms. The van der Waals surface area contributed by atoms with E-state index in [0.717, 1.165) is 25.7 Å². The standard InChI is InChI=1S/C18H28N2O/c1-4-14-6-8-15(9-7-14)12-20(16-10-11-16)17(21)18(3,5-2)13-19/h6-9,16H,4-5,10-13,19H2,1-3H3. The zero-order chi connectivity index (χ0) is 15.5. The first-order chi connectivity index (χ1) is 10.0. The summed E-state index contributed by atoms with van der Waals surface area (Å²) in [6.07, 6.45) is 4.10. The average molecular weight is 288 g/mol. The molecule has 1 unspecified atom stereocenters. The molecule has 1 fully saturated rings. The maximum atomic E-state index is 12.9. The Morgan fingerprint density at radius 3 is 2.24 bits per heavy atom. The summed E-state index contributed by atoms with van der Waals surface area (Å²) < 4.78 is 0. The summed E-state index contributed by atoms with van der Waals surface area (Å²) in [5.41, 5.74) is 7.98. The van der Waals surface area contributed by atoms with E-state index < -0.39 is 5.41 Å². The molecule has 3 nitrogen and oxygen atoms in total. The van der Waals surface area contributed by atoms with Gasteiger partial charge in [0.1, 0.15) is 0 Å². The number of hydrogen-bond acceptors (Lipinski definition) is 2. The number of nitrogens with zero attached hydrogens (tertiary/aromatic N) is 1. The quantitative estimate of drug-likeness (QED) is 0.838. The molecule has 1 aromatic rings. The smallest absolute Gasteiger partial charge is 0.230 e. The van der Waals surface area contributed by atoms with E-state index in [2.05, 4.69) is 36.1 Å². The van der Waals surface area contributed by atoms with Crippen molar-refractivity contribution >= 4 is 5.91 Å². The minimum atomic E-state index is -0.425. The first-order valence-electron chi connectivity index (χ1n) is 8.13. The molecular formula is C18H28N2O. The molecule has 0 spiro atoms. The lowest BCUT2D eigenvalue weighted by molar-refractivity contribution is -0.142. The molecule has 0 saturated heterocycles. The Kier molecular flexibility index (Phi) is 5.04. The largest absolute Gasteiger partial charge is 0.335 e. The monoisotopic (exact) mass is 288 g/mol. The molecule has 0 radical (unpaired) electrons. The van der Waals surface area contributed by atoms with Gasteiger partial charge in [-0.2, -0.15) is 0 Å². The molecule has 0 aliphatic heterocycles. The Morgan fingerprint density at radius 2 is 1.81 bits per heavy atom. The fraction of sp³-hybridized carbons (Fsp3) is 0.611. The summed E-state index contributed by atoms with van der Waals surface area (Å²) in [7, 11) is 0. The van der Waals surface area contributed by atoms with Crippen molar-refractivity contribution in [2.75, 3.05) is 6.54 Å². The zero-order valence-corrected chi connectivity index (χ0v) is 13.6. The second kappa shape index (κ2) is 6.61. The van der Waals surface area contributed by atoms with Crippen molar-refractivity contribution in [2.45, 2.75) is 59.0 Å². The van der Waals surface area contributed by atoms with Crippen LogP contribution in [-0.2, 0) is 17.8 Å². The van der Waals surface area contributed by atoms with E-state index >= 15 is 0 Å². The van der Waals surface area contributed by atoms with Gasteiger partial charge in [-0.25, -0.2) is 0 Å². The lowest BCUT2D eigenvalue weighted by Gasteiger charge is -2.33. The number of hydrogen-bond donors (Lipinski definition) is 1. The summed E-state index contributed by atoms with van der Waals surface area (Å²) in [5, 5.41) is 0. The number of amides is 1. The van der Waals surface area contributed by atoms with Crippen LogP contribution in [0.25, 0.3) is 0 Å². The first-order valence-corrected chi connectivity index (χ1v) is 8.13. The van der Waals surface area contributed by atoms with E-state index in [9.17, 15) is 4.79 Å². The molecule has 1 aliphatic rings. The topological polar surface area (TPSA) is 46.3 Å². The molecule has 1 amide bonds. The second-order valence-electron chi connectivity index (χ2n) is 6.45.